The van der Waals surface area contributed by atoms with E-state index in [1.165, 1.54) is 6.07 Å². The van der Waals surface area contributed by atoms with Crippen molar-refractivity contribution in [2.24, 2.45) is 10.9 Å². The van der Waals surface area contributed by atoms with Crippen LogP contribution in [0, 0.1) is 12.7 Å². The van der Waals surface area contributed by atoms with Crippen LogP contribution in [0.15, 0.2) is 23.4 Å². The maximum atomic E-state index is 13.5. The number of nitrogens with two attached hydrogens (primary N) is 1. The number of amidine groups is 1. The lowest BCUT2D eigenvalue weighted by atomic mass is 9.95. The molecule has 20 heavy (non-hydrogen) atoms. The van der Waals surface area contributed by atoms with Gasteiger partial charge in [0.15, 0.2) is 5.84 Å². The van der Waals surface area contributed by atoms with Crippen LogP contribution >= 0.6 is 0 Å². The van der Waals surface area contributed by atoms with Gasteiger partial charge in [0.1, 0.15) is 11.4 Å². The smallest absolute Gasteiger partial charge is 0.252 e. The third-order valence-corrected chi connectivity index (χ3v) is 3.84. The van der Waals surface area contributed by atoms with E-state index in [1.54, 1.807) is 19.1 Å². The summed E-state index contributed by atoms with van der Waals surface area (Å²) in [6, 6.07) is 4.30. The highest BCUT2D eigenvalue weighted by Crippen LogP contribution is 2.30. The molecule has 0 heterocycles. The lowest BCUT2D eigenvalue weighted by Crippen LogP contribution is -2.55. The van der Waals surface area contributed by atoms with Gasteiger partial charge in [0.2, 0.25) is 0 Å². The summed E-state index contributed by atoms with van der Waals surface area (Å²) in [7, 11) is 0. The second-order valence-electron chi connectivity index (χ2n) is 5.19. The lowest BCUT2D eigenvalue weighted by molar-refractivity contribution is 0.0922. The summed E-state index contributed by atoms with van der Waals surface area (Å²) in [6.07, 6.45) is 3.00. The fraction of sp³-hybridized carbons (Fsp3) is 0.429. The quantitative estimate of drug-likeness (QED) is 0.342. The summed E-state index contributed by atoms with van der Waals surface area (Å²) in [5.74, 6) is -0.852. The Morgan fingerprint density at radius 1 is 1.45 bits per heavy atom. The SMILES string of the molecule is Cc1ccc(C(=O)NC2(/C(N)=N/O)CCCC2)cc1F. The maximum absolute atomic E-state index is 13.5. The van der Waals surface area contributed by atoms with Crippen molar-refractivity contribution < 1.29 is 14.4 Å². The zero-order valence-electron chi connectivity index (χ0n) is 11.3. The number of amides is 1. The van der Waals surface area contributed by atoms with Crippen molar-refractivity contribution >= 4 is 11.7 Å². The van der Waals surface area contributed by atoms with E-state index in [9.17, 15) is 9.18 Å². The van der Waals surface area contributed by atoms with Crippen molar-refractivity contribution in [1.29, 1.82) is 0 Å². The van der Waals surface area contributed by atoms with Crippen molar-refractivity contribution in [3.05, 3.63) is 35.1 Å². The second kappa shape index (κ2) is 5.48. The molecule has 0 saturated heterocycles. The number of nitrogens with zero attached hydrogens (tertiary/aromatic N) is 1. The standard InChI is InChI=1S/C14H18FN3O2/c1-9-4-5-10(8-11(9)15)12(19)17-14(13(16)18-20)6-2-3-7-14/h4-5,8,20H,2-3,6-7H2,1H3,(H2,16,18)(H,17,19). The van der Waals surface area contributed by atoms with E-state index in [0.29, 0.717) is 18.4 Å². The van der Waals surface area contributed by atoms with E-state index >= 15 is 0 Å². The lowest BCUT2D eigenvalue weighted by Gasteiger charge is -2.28. The van der Waals surface area contributed by atoms with Gasteiger partial charge in [-0.2, -0.15) is 0 Å². The minimum absolute atomic E-state index is 0.00377. The molecule has 2 rings (SSSR count). The Labute approximate surface area is 116 Å². The first-order valence-electron chi connectivity index (χ1n) is 6.55. The summed E-state index contributed by atoms with van der Waals surface area (Å²) in [6.45, 7) is 1.63. The fourth-order valence-electron chi connectivity index (χ4n) is 2.54. The largest absolute Gasteiger partial charge is 0.409 e. The molecule has 1 aliphatic rings. The maximum Gasteiger partial charge on any atom is 0.252 e. The number of benzene rings is 1. The number of halogens is 1. The molecule has 1 saturated carbocycles. The zero-order chi connectivity index (χ0) is 14.8. The van der Waals surface area contributed by atoms with Gasteiger partial charge in [-0.1, -0.05) is 24.1 Å². The monoisotopic (exact) mass is 279 g/mol. The van der Waals surface area contributed by atoms with Crippen LogP contribution in [0.4, 0.5) is 4.39 Å². The van der Waals surface area contributed by atoms with Crippen molar-refractivity contribution in [2.75, 3.05) is 0 Å². The highest BCUT2D eigenvalue weighted by atomic mass is 19.1. The molecule has 5 nitrogen and oxygen atoms in total. The molecule has 1 aromatic carbocycles. The van der Waals surface area contributed by atoms with Gasteiger partial charge in [-0.25, -0.2) is 4.39 Å². The molecule has 0 atom stereocenters. The average molecular weight is 279 g/mol. The highest BCUT2D eigenvalue weighted by molar-refractivity contribution is 6.00. The molecule has 6 heteroatoms. The molecule has 108 valence electrons. The molecule has 1 fully saturated rings. The minimum atomic E-state index is -0.826. The van der Waals surface area contributed by atoms with E-state index in [4.69, 9.17) is 10.9 Å². The third-order valence-electron chi connectivity index (χ3n) is 3.84. The first-order chi connectivity index (χ1) is 9.48. The van der Waals surface area contributed by atoms with Gasteiger partial charge in [-0.05, 0) is 37.5 Å². The second-order valence-corrected chi connectivity index (χ2v) is 5.19. The molecule has 1 amide bonds. The average Bonchev–Trinajstić information content (AvgIpc) is 2.90. The Morgan fingerprint density at radius 2 is 2.10 bits per heavy atom. The molecule has 1 aromatic rings. The van der Waals surface area contributed by atoms with Crippen molar-refractivity contribution in [2.45, 2.75) is 38.1 Å². The first-order valence-corrected chi connectivity index (χ1v) is 6.55. The number of nitrogens with one attached hydrogen (secondary N) is 1. The number of hydrogen-bond donors (Lipinski definition) is 3. The van der Waals surface area contributed by atoms with Crippen LogP contribution in [-0.4, -0.2) is 22.5 Å². The number of oxime groups is 1. The Hall–Kier alpha value is -2.11. The Kier molecular flexibility index (Phi) is 3.92. The molecular formula is C14H18FN3O2. The van der Waals surface area contributed by atoms with Gasteiger partial charge in [0.05, 0.1) is 0 Å². The predicted octanol–water partition coefficient (Wildman–Crippen LogP) is 1.92. The Balaban J connectivity index is 2.23. The van der Waals surface area contributed by atoms with Gasteiger partial charge >= 0.3 is 0 Å². The summed E-state index contributed by atoms with van der Waals surface area (Å²) in [5.41, 5.74) is 5.59. The summed E-state index contributed by atoms with van der Waals surface area (Å²) in [5, 5.41) is 14.7. The topological polar surface area (TPSA) is 87.7 Å². The van der Waals surface area contributed by atoms with Gasteiger partial charge in [0, 0.05) is 5.56 Å². The predicted molar refractivity (Wildman–Crippen MR) is 73.2 cm³/mol. The molecule has 0 unspecified atom stereocenters. The van der Waals surface area contributed by atoms with Crippen LogP contribution < -0.4 is 11.1 Å². The van der Waals surface area contributed by atoms with Crippen LogP contribution in [0.2, 0.25) is 0 Å². The molecule has 0 aliphatic heterocycles. The van der Waals surface area contributed by atoms with Crippen LogP contribution in [0.1, 0.15) is 41.6 Å². The van der Waals surface area contributed by atoms with E-state index in [2.05, 4.69) is 10.5 Å². The van der Waals surface area contributed by atoms with Gasteiger partial charge in [-0.3, -0.25) is 4.79 Å². The zero-order valence-corrected chi connectivity index (χ0v) is 11.3. The normalized spacial score (nSPS) is 18.0. The molecular weight excluding hydrogens is 261 g/mol. The van der Waals surface area contributed by atoms with Crippen molar-refractivity contribution in [1.82, 2.24) is 5.32 Å². The van der Waals surface area contributed by atoms with Gasteiger partial charge in [-0.15, -0.1) is 0 Å². The van der Waals surface area contributed by atoms with E-state index in [0.717, 1.165) is 12.8 Å². The van der Waals surface area contributed by atoms with Crippen LogP contribution in [0.3, 0.4) is 0 Å². The van der Waals surface area contributed by atoms with E-state index < -0.39 is 17.3 Å². The number of carbonyl (C=O) groups excluding carboxylic acids is 1. The molecule has 4 N–H and O–H groups in total. The Morgan fingerprint density at radius 3 is 2.65 bits per heavy atom. The molecule has 0 spiro atoms. The number of carbonyl (C=O) groups is 1. The van der Waals surface area contributed by atoms with Crippen LogP contribution in [-0.2, 0) is 0 Å². The van der Waals surface area contributed by atoms with Gasteiger partial charge < -0.3 is 16.3 Å². The Bertz CT molecular complexity index is 551. The summed E-state index contributed by atoms with van der Waals surface area (Å²) >= 11 is 0. The molecule has 0 radical (unpaired) electrons. The van der Waals surface area contributed by atoms with Crippen LogP contribution in [0.25, 0.3) is 0 Å². The molecule has 1 aliphatic carbocycles. The van der Waals surface area contributed by atoms with E-state index in [-0.39, 0.29) is 11.4 Å². The number of aryl methyl sites for hydroxylation is 1. The first kappa shape index (κ1) is 14.3. The van der Waals surface area contributed by atoms with Crippen molar-refractivity contribution in [3.63, 3.8) is 0 Å². The summed E-state index contributed by atoms with van der Waals surface area (Å²) < 4.78 is 13.5. The number of rotatable bonds is 3. The molecule has 0 aromatic heterocycles. The van der Waals surface area contributed by atoms with Gasteiger partial charge in [0.25, 0.3) is 5.91 Å². The van der Waals surface area contributed by atoms with E-state index in [1.807, 2.05) is 0 Å². The van der Waals surface area contributed by atoms with Crippen molar-refractivity contribution in [3.8, 4) is 0 Å². The fourth-order valence-corrected chi connectivity index (χ4v) is 2.54. The minimum Gasteiger partial charge on any atom is -0.409 e. The summed E-state index contributed by atoms with van der Waals surface area (Å²) in [4.78, 5) is 12.2. The number of hydrogen-bond acceptors (Lipinski definition) is 3. The van der Waals surface area contributed by atoms with Crippen LogP contribution in [0.5, 0.6) is 0 Å². The third kappa shape index (κ3) is 2.59. The highest BCUT2D eigenvalue weighted by Gasteiger charge is 2.40. The molecule has 0 bridgehead atoms.